The summed E-state index contributed by atoms with van der Waals surface area (Å²) in [6, 6.07) is 7.70. The molecule has 0 aromatic heterocycles. The first-order valence-electron chi connectivity index (χ1n) is 8.70. The van der Waals surface area contributed by atoms with Gasteiger partial charge < -0.3 is 20.3 Å². The van der Waals surface area contributed by atoms with E-state index < -0.39 is 13.1 Å². The number of carbonyl (C=O) groups is 2. The SMILES string of the molecule is Cc1ccc(C[C@H](NC(=O)CCN2C(=O)CCC2(C)C)B(O)O)cc1. The highest BCUT2D eigenvalue weighted by Gasteiger charge is 2.37. The fourth-order valence-electron chi connectivity index (χ4n) is 3.15. The van der Waals surface area contributed by atoms with Crippen LogP contribution in [-0.4, -0.2) is 51.9 Å². The first-order chi connectivity index (χ1) is 11.7. The van der Waals surface area contributed by atoms with E-state index in [0.717, 1.165) is 17.5 Å². The van der Waals surface area contributed by atoms with E-state index in [4.69, 9.17) is 0 Å². The zero-order valence-corrected chi connectivity index (χ0v) is 15.2. The molecule has 1 fully saturated rings. The van der Waals surface area contributed by atoms with Gasteiger partial charge in [-0.05, 0) is 39.2 Å². The molecule has 0 aliphatic carbocycles. The molecule has 1 heterocycles. The van der Waals surface area contributed by atoms with Gasteiger partial charge in [0.15, 0.2) is 0 Å². The second-order valence-electron chi connectivity index (χ2n) is 7.39. The van der Waals surface area contributed by atoms with Crippen molar-refractivity contribution >= 4 is 18.9 Å². The van der Waals surface area contributed by atoms with Crippen molar-refractivity contribution in [2.75, 3.05) is 6.54 Å². The summed E-state index contributed by atoms with van der Waals surface area (Å²) in [5, 5.41) is 21.8. The Morgan fingerprint density at radius 3 is 2.48 bits per heavy atom. The zero-order valence-electron chi connectivity index (χ0n) is 15.2. The van der Waals surface area contributed by atoms with Crippen molar-refractivity contribution < 1.29 is 19.6 Å². The Balaban J connectivity index is 1.89. The first-order valence-corrected chi connectivity index (χ1v) is 8.70. The van der Waals surface area contributed by atoms with Crippen LogP contribution in [0.3, 0.4) is 0 Å². The third-order valence-electron chi connectivity index (χ3n) is 4.83. The van der Waals surface area contributed by atoms with Crippen molar-refractivity contribution in [3.05, 3.63) is 35.4 Å². The summed E-state index contributed by atoms with van der Waals surface area (Å²) < 4.78 is 0. The summed E-state index contributed by atoms with van der Waals surface area (Å²) in [5.41, 5.74) is 1.81. The van der Waals surface area contributed by atoms with E-state index >= 15 is 0 Å². The van der Waals surface area contributed by atoms with E-state index in [1.165, 1.54) is 0 Å². The molecule has 6 nitrogen and oxygen atoms in total. The van der Waals surface area contributed by atoms with Crippen LogP contribution in [0.4, 0.5) is 0 Å². The minimum atomic E-state index is -1.64. The molecule has 1 aromatic rings. The van der Waals surface area contributed by atoms with Gasteiger partial charge >= 0.3 is 7.12 Å². The highest BCUT2D eigenvalue weighted by Crippen LogP contribution is 2.29. The Labute approximate surface area is 149 Å². The average Bonchev–Trinajstić information content (AvgIpc) is 2.80. The molecule has 2 rings (SSSR count). The molecule has 0 unspecified atom stereocenters. The molecule has 1 atom stereocenters. The molecule has 1 aliphatic rings. The van der Waals surface area contributed by atoms with Gasteiger partial charge in [-0.25, -0.2) is 0 Å². The Morgan fingerprint density at radius 1 is 1.32 bits per heavy atom. The third-order valence-corrected chi connectivity index (χ3v) is 4.83. The van der Waals surface area contributed by atoms with Crippen molar-refractivity contribution in [1.29, 1.82) is 0 Å². The fourth-order valence-corrected chi connectivity index (χ4v) is 3.15. The maximum Gasteiger partial charge on any atom is 0.475 e. The molecule has 1 aromatic carbocycles. The van der Waals surface area contributed by atoms with Crippen LogP contribution in [0.1, 0.15) is 44.2 Å². The molecule has 0 saturated carbocycles. The first kappa shape index (κ1) is 19.5. The summed E-state index contributed by atoms with van der Waals surface area (Å²) in [5.74, 6) is -1.01. The van der Waals surface area contributed by atoms with E-state index in [2.05, 4.69) is 5.32 Å². The van der Waals surface area contributed by atoms with Gasteiger partial charge in [-0.1, -0.05) is 29.8 Å². The van der Waals surface area contributed by atoms with Crippen molar-refractivity contribution in [2.45, 2.75) is 57.9 Å². The van der Waals surface area contributed by atoms with Crippen molar-refractivity contribution in [3.63, 3.8) is 0 Å². The van der Waals surface area contributed by atoms with Crippen LogP contribution in [0.5, 0.6) is 0 Å². The molecule has 0 radical (unpaired) electrons. The molecule has 136 valence electrons. The van der Waals surface area contributed by atoms with Crippen LogP contribution >= 0.6 is 0 Å². The Morgan fingerprint density at radius 2 is 1.96 bits per heavy atom. The van der Waals surface area contributed by atoms with Gasteiger partial charge in [-0.3, -0.25) is 9.59 Å². The number of hydrogen-bond acceptors (Lipinski definition) is 4. The number of nitrogens with zero attached hydrogens (tertiary/aromatic N) is 1. The molecule has 7 heteroatoms. The maximum absolute atomic E-state index is 12.2. The van der Waals surface area contributed by atoms with Crippen molar-refractivity contribution in [1.82, 2.24) is 10.2 Å². The number of nitrogens with one attached hydrogen (secondary N) is 1. The highest BCUT2D eigenvalue weighted by molar-refractivity contribution is 6.43. The summed E-state index contributed by atoms with van der Waals surface area (Å²) in [6.07, 6.45) is 1.78. The van der Waals surface area contributed by atoms with Gasteiger partial charge in [0.25, 0.3) is 0 Å². The number of likely N-dealkylation sites (tertiary alicyclic amines) is 1. The van der Waals surface area contributed by atoms with Gasteiger partial charge in [0, 0.05) is 24.9 Å². The van der Waals surface area contributed by atoms with Crippen molar-refractivity contribution in [2.24, 2.45) is 0 Å². The molecule has 0 spiro atoms. The second kappa shape index (κ2) is 8.02. The van der Waals surface area contributed by atoms with Gasteiger partial charge in [0.2, 0.25) is 11.8 Å². The Bertz CT molecular complexity index is 616. The molecular formula is C18H27BN2O4. The lowest BCUT2D eigenvalue weighted by atomic mass is 9.76. The lowest BCUT2D eigenvalue weighted by molar-refractivity contribution is -0.131. The Hall–Kier alpha value is -1.86. The molecule has 1 aliphatic heterocycles. The predicted octanol–water partition coefficient (Wildman–Crippen LogP) is 0.825. The van der Waals surface area contributed by atoms with Crippen molar-refractivity contribution in [3.8, 4) is 0 Å². The summed E-state index contributed by atoms with van der Waals surface area (Å²) in [7, 11) is -1.64. The molecule has 0 bridgehead atoms. The van der Waals surface area contributed by atoms with Crippen LogP contribution in [0.2, 0.25) is 0 Å². The monoisotopic (exact) mass is 346 g/mol. The fraction of sp³-hybridized carbons (Fsp3) is 0.556. The minimum absolute atomic E-state index is 0.0659. The number of amides is 2. The zero-order chi connectivity index (χ0) is 18.6. The largest absolute Gasteiger partial charge is 0.475 e. The van der Waals surface area contributed by atoms with E-state index in [1.807, 2.05) is 45.0 Å². The van der Waals surface area contributed by atoms with E-state index in [1.54, 1.807) is 4.90 Å². The summed E-state index contributed by atoms with van der Waals surface area (Å²) in [6.45, 7) is 6.31. The Kier molecular flexibility index (Phi) is 6.24. The highest BCUT2D eigenvalue weighted by atomic mass is 16.4. The second-order valence-corrected chi connectivity index (χ2v) is 7.39. The minimum Gasteiger partial charge on any atom is -0.426 e. The lowest BCUT2D eigenvalue weighted by Crippen LogP contribution is -2.49. The summed E-state index contributed by atoms with van der Waals surface area (Å²) in [4.78, 5) is 25.9. The van der Waals surface area contributed by atoms with Crippen LogP contribution in [0, 0.1) is 6.92 Å². The van der Waals surface area contributed by atoms with Gasteiger partial charge in [-0.2, -0.15) is 0 Å². The number of benzene rings is 1. The van der Waals surface area contributed by atoms with Crippen LogP contribution in [-0.2, 0) is 16.0 Å². The van der Waals surface area contributed by atoms with Gasteiger partial charge in [0.05, 0.1) is 5.94 Å². The van der Waals surface area contributed by atoms with Crippen LogP contribution in [0.15, 0.2) is 24.3 Å². The van der Waals surface area contributed by atoms with E-state index in [0.29, 0.717) is 19.4 Å². The number of hydrogen-bond donors (Lipinski definition) is 3. The normalized spacial score (nSPS) is 17.5. The smallest absolute Gasteiger partial charge is 0.426 e. The topological polar surface area (TPSA) is 89.9 Å². The molecular weight excluding hydrogens is 319 g/mol. The lowest BCUT2D eigenvalue weighted by Gasteiger charge is -2.31. The van der Waals surface area contributed by atoms with E-state index in [-0.39, 0.29) is 23.8 Å². The molecule has 3 N–H and O–H groups in total. The number of aryl methyl sites for hydroxylation is 1. The van der Waals surface area contributed by atoms with Gasteiger partial charge in [-0.15, -0.1) is 0 Å². The molecule has 25 heavy (non-hydrogen) atoms. The average molecular weight is 346 g/mol. The van der Waals surface area contributed by atoms with Crippen LogP contribution in [0.25, 0.3) is 0 Å². The molecule has 2 amide bonds. The number of carbonyl (C=O) groups excluding carboxylic acids is 2. The predicted molar refractivity (Wildman–Crippen MR) is 96.6 cm³/mol. The third kappa shape index (κ3) is 5.31. The summed E-state index contributed by atoms with van der Waals surface area (Å²) >= 11 is 0. The standard InChI is InChI=1S/C18H27BN2O4/c1-13-4-6-14(7-5-13)12-15(19(24)25)20-16(22)9-11-21-17(23)8-10-18(21,2)3/h4-7,15,24-25H,8-12H2,1-3H3,(H,20,22)/t15-/m0/s1. The molecule has 1 saturated heterocycles. The number of rotatable bonds is 7. The maximum atomic E-state index is 12.2. The van der Waals surface area contributed by atoms with E-state index in [9.17, 15) is 19.6 Å². The van der Waals surface area contributed by atoms with Crippen LogP contribution < -0.4 is 5.32 Å². The quantitative estimate of drug-likeness (QED) is 0.638. The van der Waals surface area contributed by atoms with Gasteiger partial charge in [0.1, 0.15) is 0 Å².